The first kappa shape index (κ1) is 22.7. The average Bonchev–Trinajstić information content (AvgIpc) is 3.34. The van der Waals surface area contributed by atoms with Crippen molar-refractivity contribution in [3.63, 3.8) is 0 Å². The van der Waals surface area contributed by atoms with Crippen LogP contribution in [-0.2, 0) is 16.6 Å². The van der Waals surface area contributed by atoms with Crippen LogP contribution in [0.2, 0.25) is 0 Å². The molecule has 1 aromatic carbocycles. The number of carbonyl (C=O) groups is 1. The lowest BCUT2D eigenvalue weighted by Gasteiger charge is -2.34. The summed E-state index contributed by atoms with van der Waals surface area (Å²) in [5.74, 6) is 0. The van der Waals surface area contributed by atoms with Crippen LogP contribution in [0.1, 0.15) is 44.1 Å². The molecular weight excluding hydrogens is 426 g/mol. The van der Waals surface area contributed by atoms with E-state index in [0.29, 0.717) is 18.3 Å². The van der Waals surface area contributed by atoms with Crippen molar-refractivity contribution in [3.05, 3.63) is 54.4 Å². The number of aromatic nitrogens is 1. The lowest BCUT2D eigenvalue weighted by molar-refractivity contribution is 0.179. The molecule has 1 aliphatic heterocycles. The molecule has 2 amide bonds. The van der Waals surface area contributed by atoms with Crippen LogP contribution in [0.15, 0.2) is 53.7 Å². The van der Waals surface area contributed by atoms with Gasteiger partial charge in [-0.25, -0.2) is 17.9 Å². The first-order valence-electron chi connectivity index (χ1n) is 11.3. The van der Waals surface area contributed by atoms with Gasteiger partial charge >= 0.3 is 6.03 Å². The number of pyridine rings is 1. The van der Waals surface area contributed by atoms with Crippen LogP contribution in [0.5, 0.6) is 0 Å². The Morgan fingerprint density at radius 3 is 2.41 bits per heavy atom. The van der Waals surface area contributed by atoms with Crippen molar-refractivity contribution in [2.45, 2.75) is 62.0 Å². The Kier molecular flexibility index (Phi) is 7.39. The largest absolute Gasteiger partial charge is 0.334 e. The number of carbonyl (C=O) groups excluding carboxylic acids is 1. The minimum Gasteiger partial charge on any atom is -0.334 e. The zero-order chi connectivity index (χ0) is 22.4. The molecule has 1 aliphatic carbocycles. The van der Waals surface area contributed by atoms with E-state index in [9.17, 15) is 13.2 Å². The van der Waals surface area contributed by atoms with E-state index in [0.717, 1.165) is 31.2 Å². The topological polar surface area (TPSA) is 103 Å². The Balaban J connectivity index is 1.25. The van der Waals surface area contributed by atoms with Crippen LogP contribution in [0, 0.1) is 0 Å². The molecule has 2 aliphatic rings. The number of benzene rings is 1. The number of nitrogens with one attached hydrogen (secondary N) is 3. The van der Waals surface area contributed by atoms with E-state index < -0.39 is 10.0 Å². The van der Waals surface area contributed by atoms with Gasteiger partial charge < -0.3 is 15.5 Å². The highest BCUT2D eigenvalue weighted by molar-refractivity contribution is 7.89. The van der Waals surface area contributed by atoms with Crippen molar-refractivity contribution < 1.29 is 13.2 Å². The molecule has 4 rings (SSSR count). The molecule has 1 saturated heterocycles. The predicted octanol–water partition coefficient (Wildman–Crippen LogP) is 3.09. The van der Waals surface area contributed by atoms with Crippen molar-refractivity contribution >= 4 is 21.7 Å². The fourth-order valence-electron chi connectivity index (χ4n) is 4.53. The average molecular weight is 458 g/mol. The summed E-state index contributed by atoms with van der Waals surface area (Å²) in [6, 6.07) is 10.1. The monoisotopic (exact) mass is 457 g/mol. The molecule has 0 radical (unpaired) electrons. The molecule has 3 N–H and O–H groups in total. The van der Waals surface area contributed by atoms with Gasteiger partial charge in [0.05, 0.1) is 4.90 Å². The number of hydrogen-bond acceptors (Lipinski definition) is 5. The lowest BCUT2D eigenvalue weighted by atomic mass is 9.91. The van der Waals surface area contributed by atoms with Crippen LogP contribution in [-0.4, -0.2) is 49.5 Å². The summed E-state index contributed by atoms with van der Waals surface area (Å²) in [4.78, 5) is 18.8. The van der Waals surface area contributed by atoms with Crippen molar-refractivity contribution in [1.82, 2.24) is 19.9 Å². The van der Waals surface area contributed by atoms with Gasteiger partial charge in [0.15, 0.2) is 0 Å². The number of amides is 2. The zero-order valence-corrected chi connectivity index (χ0v) is 19.0. The van der Waals surface area contributed by atoms with Crippen LogP contribution in [0.3, 0.4) is 0 Å². The number of hydrogen-bond donors (Lipinski definition) is 3. The van der Waals surface area contributed by atoms with Gasteiger partial charge in [0, 0.05) is 36.7 Å². The second-order valence-corrected chi connectivity index (χ2v) is 10.3. The molecule has 2 heterocycles. The highest BCUT2D eigenvalue weighted by atomic mass is 32.2. The molecule has 0 unspecified atom stereocenters. The second kappa shape index (κ2) is 10.4. The van der Waals surface area contributed by atoms with E-state index in [1.807, 2.05) is 6.07 Å². The number of sulfonamides is 1. The Morgan fingerprint density at radius 1 is 1.03 bits per heavy atom. The van der Waals surface area contributed by atoms with Crippen molar-refractivity contribution in [2.24, 2.45) is 0 Å². The summed E-state index contributed by atoms with van der Waals surface area (Å²) in [7, 11) is -3.59. The maximum Gasteiger partial charge on any atom is 0.319 e. The van der Waals surface area contributed by atoms with Gasteiger partial charge in [-0.3, -0.25) is 4.98 Å². The van der Waals surface area contributed by atoms with Gasteiger partial charge in [-0.1, -0.05) is 6.07 Å². The molecule has 172 valence electrons. The van der Waals surface area contributed by atoms with Crippen molar-refractivity contribution in [2.75, 3.05) is 18.4 Å². The minimum atomic E-state index is -3.59. The quantitative estimate of drug-likeness (QED) is 0.593. The molecular formula is C23H31N5O3S. The summed E-state index contributed by atoms with van der Waals surface area (Å²) in [6.45, 7) is 2.72. The van der Waals surface area contributed by atoms with E-state index >= 15 is 0 Å². The van der Waals surface area contributed by atoms with Gasteiger partial charge in [-0.2, -0.15) is 0 Å². The van der Waals surface area contributed by atoms with Gasteiger partial charge in [-0.15, -0.1) is 0 Å². The smallest absolute Gasteiger partial charge is 0.319 e. The Bertz CT molecular complexity index is 984. The van der Waals surface area contributed by atoms with Gasteiger partial charge in [0.25, 0.3) is 0 Å². The summed E-state index contributed by atoms with van der Waals surface area (Å²) in [5.41, 5.74) is 1.42. The number of urea groups is 1. The van der Waals surface area contributed by atoms with Crippen molar-refractivity contribution in [3.8, 4) is 0 Å². The third-order valence-corrected chi connectivity index (χ3v) is 7.81. The molecule has 32 heavy (non-hydrogen) atoms. The molecule has 2 fully saturated rings. The minimum absolute atomic E-state index is 0.0186. The second-order valence-electron chi connectivity index (χ2n) is 8.56. The Hall–Kier alpha value is -2.49. The molecule has 9 heteroatoms. The lowest BCUT2D eigenvalue weighted by Crippen LogP contribution is -2.43. The molecule has 8 nitrogen and oxygen atoms in total. The third-order valence-electron chi connectivity index (χ3n) is 6.27. The van der Waals surface area contributed by atoms with Gasteiger partial charge in [0.2, 0.25) is 10.0 Å². The Morgan fingerprint density at radius 2 is 1.75 bits per heavy atom. The van der Waals surface area contributed by atoms with E-state index in [-0.39, 0.29) is 17.0 Å². The molecule has 1 saturated carbocycles. The molecule has 0 spiro atoms. The van der Waals surface area contributed by atoms with Gasteiger partial charge in [0.1, 0.15) is 0 Å². The standard InChI is InChI=1S/C23H31N5O3S/c29-23(25-17-18-4-3-13-24-16-18)26-19-7-11-22(12-8-19)32(30,31)27-20-5-9-21(10-6-20)28-14-1-2-15-28/h3-4,7-8,11-13,16,20-21,27H,1-2,5-6,9-10,14-15,17H2,(H2,25,26,29). The van der Waals surface area contributed by atoms with Gasteiger partial charge in [-0.05, 0) is 87.5 Å². The molecule has 2 aromatic rings. The molecule has 0 atom stereocenters. The highest BCUT2D eigenvalue weighted by Gasteiger charge is 2.29. The van der Waals surface area contributed by atoms with E-state index in [2.05, 4.69) is 25.2 Å². The summed E-state index contributed by atoms with van der Waals surface area (Å²) < 4.78 is 28.5. The number of anilines is 1. The molecule has 1 aromatic heterocycles. The van der Waals surface area contributed by atoms with E-state index in [1.54, 1.807) is 30.6 Å². The first-order chi connectivity index (χ1) is 15.5. The van der Waals surface area contributed by atoms with E-state index in [4.69, 9.17) is 0 Å². The number of rotatable bonds is 7. The van der Waals surface area contributed by atoms with Crippen LogP contribution in [0.4, 0.5) is 10.5 Å². The maximum absolute atomic E-state index is 12.8. The maximum atomic E-state index is 12.8. The summed E-state index contributed by atoms with van der Waals surface area (Å²) >= 11 is 0. The number of likely N-dealkylation sites (tertiary alicyclic amines) is 1. The normalized spacial score (nSPS) is 21.9. The van der Waals surface area contributed by atoms with Crippen LogP contribution < -0.4 is 15.4 Å². The van der Waals surface area contributed by atoms with Crippen molar-refractivity contribution in [1.29, 1.82) is 0 Å². The highest BCUT2D eigenvalue weighted by Crippen LogP contribution is 2.27. The summed E-state index contributed by atoms with van der Waals surface area (Å²) in [6.07, 6.45) is 9.76. The zero-order valence-electron chi connectivity index (χ0n) is 18.2. The Labute approximate surface area is 189 Å². The predicted molar refractivity (Wildman–Crippen MR) is 124 cm³/mol. The fraction of sp³-hybridized carbons (Fsp3) is 0.478. The van der Waals surface area contributed by atoms with Crippen LogP contribution >= 0.6 is 0 Å². The van der Waals surface area contributed by atoms with E-state index in [1.165, 1.54) is 38.1 Å². The molecule has 0 bridgehead atoms. The van der Waals surface area contributed by atoms with Crippen LogP contribution in [0.25, 0.3) is 0 Å². The number of nitrogens with zero attached hydrogens (tertiary/aromatic N) is 2. The SMILES string of the molecule is O=C(NCc1cccnc1)Nc1ccc(S(=O)(=O)NC2CCC(N3CCCC3)CC2)cc1. The first-order valence-corrected chi connectivity index (χ1v) is 12.8. The summed E-state index contributed by atoms with van der Waals surface area (Å²) in [5, 5.41) is 5.46. The fourth-order valence-corrected chi connectivity index (χ4v) is 5.84. The third kappa shape index (κ3) is 6.05.